The normalized spacial score (nSPS) is 12.3. The predicted octanol–water partition coefficient (Wildman–Crippen LogP) is 4.45. The molecule has 0 N–H and O–H groups in total. The fourth-order valence-electron chi connectivity index (χ4n) is 3.19. The third-order valence-electron chi connectivity index (χ3n) is 4.55. The predicted molar refractivity (Wildman–Crippen MR) is 106 cm³/mol. The van der Waals surface area contributed by atoms with Gasteiger partial charge in [0.1, 0.15) is 5.75 Å². The van der Waals surface area contributed by atoms with E-state index in [9.17, 15) is 13.6 Å². The van der Waals surface area contributed by atoms with E-state index in [0.717, 1.165) is 10.0 Å². The average molecular weight is 450 g/mol. The van der Waals surface area contributed by atoms with Gasteiger partial charge in [0.05, 0.1) is 23.5 Å². The Bertz CT molecular complexity index is 1120. The maximum atomic E-state index is 12.9. The lowest BCUT2D eigenvalue weighted by Gasteiger charge is -2.16. The van der Waals surface area contributed by atoms with Gasteiger partial charge in [0.15, 0.2) is 0 Å². The second kappa shape index (κ2) is 8.15. The van der Waals surface area contributed by atoms with E-state index in [0.29, 0.717) is 22.9 Å². The van der Waals surface area contributed by atoms with Crippen molar-refractivity contribution >= 4 is 26.8 Å². The second-order valence-corrected chi connectivity index (χ2v) is 7.52. The summed E-state index contributed by atoms with van der Waals surface area (Å²) in [6.45, 7) is -0.992. The van der Waals surface area contributed by atoms with Crippen LogP contribution in [0.4, 0.5) is 8.78 Å². The molecule has 0 radical (unpaired) electrons. The van der Waals surface area contributed by atoms with Crippen molar-refractivity contribution in [1.82, 2.24) is 9.36 Å². The monoisotopic (exact) mass is 449 g/mol. The summed E-state index contributed by atoms with van der Waals surface area (Å²) in [7, 11) is 1.63. The topological polar surface area (TPSA) is 59.9 Å². The molecule has 1 heterocycles. The van der Waals surface area contributed by atoms with Crippen LogP contribution in [0, 0.1) is 17.2 Å². The number of halogens is 3. The quantitative estimate of drug-likeness (QED) is 0.558. The number of hydrogen-bond acceptors (Lipinski definition) is 3. The molecule has 3 rings (SSSR count). The van der Waals surface area contributed by atoms with Crippen molar-refractivity contribution in [3.05, 3.63) is 62.4 Å². The Hall–Kier alpha value is -2.66. The van der Waals surface area contributed by atoms with Crippen LogP contribution in [0.1, 0.15) is 18.1 Å². The van der Waals surface area contributed by atoms with E-state index in [2.05, 4.69) is 26.7 Å². The molecule has 0 saturated carbocycles. The number of fused-ring (bicyclic) bond motifs is 1. The molecule has 0 amide bonds. The number of benzene rings is 2. The summed E-state index contributed by atoms with van der Waals surface area (Å²) in [6, 6.07) is 12.4. The van der Waals surface area contributed by atoms with Gasteiger partial charge >= 0.3 is 6.61 Å². The molecule has 0 spiro atoms. The lowest BCUT2D eigenvalue weighted by Crippen LogP contribution is -2.20. The van der Waals surface area contributed by atoms with E-state index in [4.69, 9.17) is 5.26 Å². The largest absolute Gasteiger partial charge is 0.434 e. The van der Waals surface area contributed by atoms with Gasteiger partial charge in [-0.1, -0.05) is 28.1 Å². The Balaban J connectivity index is 2.10. The van der Waals surface area contributed by atoms with Gasteiger partial charge < -0.3 is 4.74 Å². The number of hydrogen-bond donors (Lipinski definition) is 0. The van der Waals surface area contributed by atoms with Crippen molar-refractivity contribution in [2.45, 2.75) is 26.5 Å². The zero-order valence-corrected chi connectivity index (χ0v) is 16.9. The van der Waals surface area contributed by atoms with E-state index < -0.39 is 6.61 Å². The van der Waals surface area contributed by atoms with Gasteiger partial charge in [0, 0.05) is 23.0 Å². The Morgan fingerprint density at radius 1 is 1.25 bits per heavy atom. The minimum Gasteiger partial charge on any atom is -0.434 e. The highest BCUT2D eigenvalue weighted by atomic mass is 79.9. The molecule has 3 aromatic rings. The van der Waals surface area contributed by atoms with Crippen LogP contribution in [0.25, 0.3) is 10.9 Å². The lowest BCUT2D eigenvalue weighted by molar-refractivity contribution is -0.0505. The standard InChI is InChI=1S/C20H18BrF2N3O2/c1-12(10-24)7-13-3-6-18(28-20(22)23)14(8-13)11-26-17-9-15(21)4-5-16(17)19(27)25(26)2/h3-6,8-9,12,20H,7,11H2,1-2H3. The highest BCUT2D eigenvalue weighted by Crippen LogP contribution is 2.26. The van der Waals surface area contributed by atoms with Crippen LogP contribution < -0.4 is 10.3 Å². The summed E-state index contributed by atoms with van der Waals surface area (Å²) in [4.78, 5) is 12.5. The fourth-order valence-corrected chi connectivity index (χ4v) is 3.54. The highest BCUT2D eigenvalue weighted by molar-refractivity contribution is 9.10. The number of nitrogens with zero attached hydrogens (tertiary/aromatic N) is 3. The zero-order valence-electron chi connectivity index (χ0n) is 15.3. The molecular formula is C20H18BrF2N3O2. The van der Waals surface area contributed by atoms with Crippen molar-refractivity contribution in [3.8, 4) is 11.8 Å². The van der Waals surface area contributed by atoms with Crippen LogP contribution in [0.15, 0.2) is 45.7 Å². The van der Waals surface area contributed by atoms with E-state index in [1.807, 2.05) is 6.07 Å². The third-order valence-corrected chi connectivity index (χ3v) is 5.04. The van der Waals surface area contributed by atoms with E-state index in [1.54, 1.807) is 42.9 Å². The minimum atomic E-state index is -2.96. The van der Waals surface area contributed by atoms with E-state index >= 15 is 0 Å². The first-order valence-electron chi connectivity index (χ1n) is 8.61. The highest BCUT2D eigenvalue weighted by Gasteiger charge is 2.16. The van der Waals surface area contributed by atoms with Crippen molar-refractivity contribution < 1.29 is 13.5 Å². The van der Waals surface area contributed by atoms with Crippen molar-refractivity contribution in [2.24, 2.45) is 13.0 Å². The minimum absolute atomic E-state index is 0.0488. The molecule has 0 aliphatic carbocycles. The Kier molecular flexibility index (Phi) is 5.84. The number of ether oxygens (including phenoxy) is 1. The molecule has 2 aromatic carbocycles. The molecule has 28 heavy (non-hydrogen) atoms. The van der Waals surface area contributed by atoms with Gasteiger partial charge in [0.25, 0.3) is 5.56 Å². The summed E-state index contributed by atoms with van der Waals surface area (Å²) in [6.07, 6.45) is 0.495. The third kappa shape index (κ3) is 4.09. The van der Waals surface area contributed by atoms with Gasteiger partial charge in [-0.05, 0) is 43.2 Å². The maximum absolute atomic E-state index is 12.9. The average Bonchev–Trinajstić information content (AvgIpc) is 2.87. The van der Waals surface area contributed by atoms with Crippen LogP contribution in [-0.4, -0.2) is 16.0 Å². The summed E-state index contributed by atoms with van der Waals surface area (Å²) in [5.41, 5.74) is 1.86. The first-order chi connectivity index (χ1) is 13.3. The van der Waals surface area contributed by atoms with Crippen LogP contribution in [-0.2, 0) is 20.0 Å². The van der Waals surface area contributed by atoms with Crippen LogP contribution >= 0.6 is 15.9 Å². The van der Waals surface area contributed by atoms with Crippen molar-refractivity contribution in [2.75, 3.05) is 0 Å². The molecule has 0 aliphatic heterocycles. The van der Waals surface area contributed by atoms with Gasteiger partial charge in [-0.15, -0.1) is 0 Å². The van der Waals surface area contributed by atoms with Crippen molar-refractivity contribution in [3.63, 3.8) is 0 Å². The molecule has 8 heteroatoms. The Morgan fingerprint density at radius 3 is 2.68 bits per heavy atom. The Labute approximate surface area is 168 Å². The maximum Gasteiger partial charge on any atom is 0.387 e. The van der Waals surface area contributed by atoms with Crippen LogP contribution in [0.3, 0.4) is 0 Å². The van der Waals surface area contributed by atoms with Gasteiger partial charge in [-0.25, -0.2) is 0 Å². The number of nitriles is 1. The van der Waals surface area contributed by atoms with E-state index in [-0.39, 0.29) is 23.8 Å². The van der Waals surface area contributed by atoms with Gasteiger partial charge in [-0.3, -0.25) is 14.2 Å². The van der Waals surface area contributed by atoms with Crippen LogP contribution in [0.5, 0.6) is 5.75 Å². The van der Waals surface area contributed by atoms with Crippen LogP contribution in [0.2, 0.25) is 0 Å². The molecule has 5 nitrogen and oxygen atoms in total. The Morgan fingerprint density at radius 2 is 2.00 bits per heavy atom. The smallest absolute Gasteiger partial charge is 0.387 e. The molecule has 1 unspecified atom stereocenters. The number of rotatable bonds is 6. The first-order valence-corrected chi connectivity index (χ1v) is 9.40. The fraction of sp³-hybridized carbons (Fsp3) is 0.300. The zero-order chi connectivity index (χ0) is 20.4. The SMILES string of the molecule is CC(C#N)Cc1ccc(OC(F)F)c(Cn2c3cc(Br)ccc3c(=O)n2C)c1. The second-order valence-electron chi connectivity index (χ2n) is 6.60. The summed E-state index contributed by atoms with van der Waals surface area (Å²) >= 11 is 3.40. The molecule has 0 aliphatic rings. The van der Waals surface area contributed by atoms with Crippen molar-refractivity contribution in [1.29, 1.82) is 5.26 Å². The summed E-state index contributed by atoms with van der Waals surface area (Å²) in [5.74, 6) is -0.157. The molecule has 0 saturated heterocycles. The number of aromatic nitrogens is 2. The lowest BCUT2D eigenvalue weighted by atomic mass is 10.00. The molecule has 1 atom stereocenters. The van der Waals surface area contributed by atoms with E-state index in [1.165, 1.54) is 10.7 Å². The molecule has 146 valence electrons. The molecule has 0 fully saturated rings. The van der Waals surface area contributed by atoms with Gasteiger partial charge in [-0.2, -0.15) is 14.0 Å². The van der Waals surface area contributed by atoms with Gasteiger partial charge in [0.2, 0.25) is 0 Å². The molecular weight excluding hydrogens is 432 g/mol. The summed E-state index contributed by atoms with van der Waals surface area (Å²) in [5, 5.41) is 9.58. The summed E-state index contributed by atoms with van der Waals surface area (Å²) < 4.78 is 34.4. The molecule has 0 bridgehead atoms. The number of alkyl halides is 2. The first kappa shape index (κ1) is 20.1. The molecule has 1 aromatic heterocycles.